The van der Waals surface area contributed by atoms with Gasteiger partial charge in [0.25, 0.3) is 11.7 Å². The van der Waals surface area contributed by atoms with E-state index in [4.69, 9.17) is 18.9 Å². The van der Waals surface area contributed by atoms with Crippen LogP contribution in [0.15, 0.2) is 60.7 Å². The predicted molar refractivity (Wildman–Crippen MR) is 138 cm³/mol. The fourth-order valence-corrected chi connectivity index (χ4v) is 4.65. The molecule has 37 heavy (non-hydrogen) atoms. The summed E-state index contributed by atoms with van der Waals surface area (Å²) in [4.78, 5) is 30.4. The van der Waals surface area contributed by atoms with Gasteiger partial charge in [-0.2, -0.15) is 0 Å². The molecule has 0 aromatic heterocycles. The van der Waals surface area contributed by atoms with Gasteiger partial charge in [0.05, 0.1) is 39.0 Å². The summed E-state index contributed by atoms with van der Waals surface area (Å²) >= 11 is 0. The van der Waals surface area contributed by atoms with E-state index in [2.05, 4.69) is 11.5 Å². The lowest BCUT2D eigenvalue weighted by Gasteiger charge is -2.31. The maximum absolute atomic E-state index is 13.4. The van der Waals surface area contributed by atoms with Gasteiger partial charge in [-0.25, -0.2) is 0 Å². The highest BCUT2D eigenvalue weighted by Gasteiger charge is 2.47. The third-order valence-corrected chi connectivity index (χ3v) is 6.52. The zero-order valence-electron chi connectivity index (χ0n) is 21.1. The summed E-state index contributed by atoms with van der Waals surface area (Å²) in [7, 11) is 3.02. The molecule has 1 amide bonds. The number of amides is 1. The molecule has 2 fully saturated rings. The maximum Gasteiger partial charge on any atom is 0.295 e. The first-order valence-corrected chi connectivity index (χ1v) is 12.1. The van der Waals surface area contributed by atoms with Crippen LogP contribution in [0.4, 0.5) is 0 Å². The Morgan fingerprint density at radius 2 is 1.81 bits per heavy atom. The van der Waals surface area contributed by atoms with E-state index in [1.54, 1.807) is 48.5 Å². The molecule has 2 aromatic rings. The number of Topliss-reactive ketones (excluding diaryl/α,β-unsaturated/α-hetero) is 1. The van der Waals surface area contributed by atoms with Crippen molar-refractivity contribution in [2.24, 2.45) is 0 Å². The Kier molecular flexibility index (Phi) is 8.47. The molecular formula is C28H32N2O7. The normalized spacial score (nSPS) is 19.6. The first-order chi connectivity index (χ1) is 18.0. The molecule has 2 aromatic carbocycles. The van der Waals surface area contributed by atoms with Gasteiger partial charge in [0.15, 0.2) is 11.5 Å². The number of likely N-dealkylation sites (tertiary alicyclic amines) is 1. The zero-order valence-corrected chi connectivity index (χ0v) is 21.1. The lowest BCUT2D eigenvalue weighted by Crippen LogP contribution is -2.42. The molecule has 9 heteroatoms. The molecule has 1 atom stereocenters. The highest BCUT2D eigenvalue weighted by molar-refractivity contribution is 6.46. The number of methoxy groups -OCH3 is 2. The van der Waals surface area contributed by atoms with Crippen molar-refractivity contribution < 1.29 is 33.6 Å². The fraction of sp³-hybridized carbons (Fsp3) is 0.357. The standard InChI is InChI=1S/C28H32N2O7/c1-4-16-37-20-10-8-19(9-11-20)25(31)23-24(21-6-5-7-22(34-2)27(21)35-3)30(28(33)26(23)32)13-12-29-14-17-36-18-15-29/h4-11,24,31H,1,12-18H2,2-3H3/b25-23+. The molecule has 196 valence electrons. The summed E-state index contributed by atoms with van der Waals surface area (Å²) in [6.07, 6.45) is 1.63. The molecular weight excluding hydrogens is 476 g/mol. The van der Waals surface area contributed by atoms with Crippen molar-refractivity contribution in [3.05, 3.63) is 71.8 Å². The van der Waals surface area contributed by atoms with Crippen LogP contribution in [-0.2, 0) is 14.3 Å². The number of aliphatic hydroxyl groups is 1. The van der Waals surface area contributed by atoms with E-state index in [0.29, 0.717) is 61.3 Å². The Morgan fingerprint density at radius 3 is 2.46 bits per heavy atom. The van der Waals surface area contributed by atoms with Crippen LogP contribution in [0.3, 0.4) is 0 Å². The van der Waals surface area contributed by atoms with Crippen LogP contribution in [0.5, 0.6) is 17.2 Å². The molecule has 2 aliphatic rings. The summed E-state index contributed by atoms with van der Waals surface area (Å²) in [5.41, 5.74) is 0.942. The molecule has 0 saturated carbocycles. The number of benzene rings is 2. The van der Waals surface area contributed by atoms with Crippen molar-refractivity contribution in [3.8, 4) is 17.2 Å². The van der Waals surface area contributed by atoms with Gasteiger partial charge in [0.2, 0.25) is 0 Å². The van der Waals surface area contributed by atoms with Crippen molar-refractivity contribution in [2.75, 3.05) is 60.2 Å². The van der Waals surface area contributed by atoms with Gasteiger partial charge in [-0.1, -0.05) is 24.8 Å². The van der Waals surface area contributed by atoms with Crippen molar-refractivity contribution in [3.63, 3.8) is 0 Å². The summed E-state index contributed by atoms with van der Waals surface area (Å²) < 4.78 is 22.1. The van der Waals surface area contributed by atoms with Crippen LogP contribution in [0.2, 0.25) is 0 Å². The molecule has 4 rings (SSSR count). The number of hydrogen-bond acceptors (Lipinski definition) is 8. The average Bonchev–Trinajstić information content (AvgIpc) is 3.19. The average molecular weight is 509 g/mol. The summed E-state index contributed by atoms with van der Waals surface area (Å²) in [5, 5.41) is 11.4. The van der Waals surface area contributed by atoms with E-state index in [9.17, 15) is 14.7 Å². The first kappa shape index (κ1) is 26.2. The molecule has 2 saturated heterocycles. The lowest BCUT2D eigenvalue weighted by molar-refractivity contribution is -0.140. The second kappa shape index (κ2) is 11.9. The van der Waals surface area contributed by atoms with Gasteiger partial charge in [-0.15, -0.1) is 0 Å². The maximum atomic E-state index is 13.4. The zero-order chi connectivity index (χ0) is 26.4. The van der Waals surface area contributed by atoms with E-state index < -0.39 is 17.7 Å². The van der Waals surface area contributed by atoms with Crippen molar-refractivity contribution in [2.45, 2.75) is 6.04 Å². The van der Waals surface area contributed by atoms with Crippen LogP contribution in [0, 0.1) is 0 Å². The quantitative estimate of drug-likeness (QED) is 0.226. The number of carbonyl (C=O) groups excluding carboxylic acids is 2. The monoisotopic (exact) mass is 508 g/mol. The number of para-hydroxylation sites is 1. The first-order valence-electron chi connectivity index (χ1n) is 12.1. The Bertz CT molecular complexity index is 1170. The number of rotatable bonds is 10. The SMILES string of the molecule is C=CCOc1ccc(/C(O)=C2\C(=O)C(=O)N(CCN3CCOCC3)C2c2cccc(OC)c2OC)cc1. The van der Waals surface area contributed by atoms with Crippen molar-refractivity contribution in [1.29, 1.82) is 0 Å². The molecule has 2 aliphatic heterocycles. The van der Waals surface area contributed by atoms with Crippen LogP contribution in [0.25, 0.3) is 5.76 Å². The minimum atomic E-state index is -0.859. The van der Waals surface area contributed by atoms with Crippen molar-refractivity contribution in [1.82, 2.24) is 9.80 Å². The summed E-state index contributed by atoms with van der Waals surface area (Å²) in [6.45, 7) is 7.57. The Hall–Kier alpha value is -3.82. The van der Waals surface area contributed by atoms with Gasteiger partial charge in [-0.05, 0) is 30.3 Å². The number of hydrogen-bond donors (Lipinski definition) is 1. The van der Waals surface area contributed by atoms with Crippen LogP contribution in [0.1, 0.15) is 17.2 Å². The Labute approximate surface area is 216 Å². The number of ketones is 1. The molecule has 2 heterocycles. The third kappa shape index (κ3) is 5.47. The second-order valence-electron chi connectivity index (χ2n) is 8.65. The van der Waals surface area contributed by atoms with Gasteiger partial charge < -0.3 is 29.0 Å². The molecule has 0 radical (unpaired) electrons. The molecule has 0 aliphatic carbocycles. The minimum absolute atomic E-state index is 0.00158. The van der Waals surface area contributed by atoms with E-state index >= 15 is 0 Å². The Morgan fingerprint density at radius 1 is 1.08 bits per heavy atom. The number of nitrogens with zero attached hydrogens (tertiary/aromatic N) is 2. The third-order valence-electron chi connectivity index (χ3n) is 6.52. The largest absolute Gasteiger partial charge is 0.507 e. The van der Waals surface area contributed by atoms with Gasteiger partial charge >= 0.3 is 0 Å². The predicted octanol–water partition coefficient (Wildman–Crippen LogP) is 3.02. The number of morpholine rings is 1. The van der Waals surface area contributed by atoms with Crippen LogP contribution in [-0.4, -0.2) is 86.8 Å². The molecule has 0 spiro atoms. The Balaban J connectivity index is 1.77. The number of aliphatic hydroxyl groups excluding tert-OH is 1. The van der Waals surface area contributed by atoms with E-state index in [0.717, 1.165) is 13.1 Å². The van der Waals surface area contributed by atoms with Crippen molar-refractivity contribution >= 4 is 17.4 Å². The smallest absolute Gasteiger partial charge is 0.295 e. The lowest BCUT2D eigenvalue weighted by atomic mass is 9.94. The number of ether oxygens (including phenoxy) is 4. The highest BCUT2D eigenvalue weighted by Crippen LogP contribution is 2.45. The van der Waals surface area contributed by atoms with Crippen LogP contribution < -0.4 is 14.2 Å². The topological polar surface area (TPSA) is 97.8 Å². The molecule has 0 bridgehead atoms. The van der Waals surface area contributed by atoms with E-state index in [1.165, 1.54) is 19.1 Å². The molecule has 1 N–H and O–H groups in total. The van der Waals surface area contributed by atoms with Gasteiger partial charge in [0, 0.05) is 37.3 Å². The second-order valence-corrected chi connectivity index (χ2v) is 8.65. The molecule has 9 nitrogen and oxygen atoms in total. The minimum Gasteiger partial charge on any atom is -0.507 e. The summed E-state index contributed by atoms with van der Waals surface area (Å²) in [5.74, 6) is -0.238. The van der Waals surface area contributed by atoms with Gasteiger partial charge in [0.1, 0.15) is 18.1 Å². The van der Waals surface area contributed by atoms with E-state index in [-0.39, 0.29) is 11.3 Å². The van der Waals surface area contributed by atoms with Gasteiger partial charge in [-0.3, -0.25) is 14.5 Å². The van der Waals surface area contributed by atoms with E-state index in [1.807, 2.05) is 0 Å². The highest BCUT2D eigenvalue weighted by atomic mass is 16.5. The summed E-state index contributed by atoms with van der Waals surface area (Å²) in [6, 6.07) is 11.1. The molecule has 1 unspecified atom stereocenters. The number of carbonyl (C=O) groups is 2. The van der Waals surface area contributed by atoms with Crippen LogP contribution >= 0.6 is 0 Å². The fourth-order valence-electron chi connectivity index (χ4n) is 4.65.